The summed E-state index contributed by atoms with van der Waals surface area (Å²) in [4.78, 5) is 3.96. The third-order valence-electron chi connectivity index (χ3n) is 4.94. The Morgan fingerprint density at radius 3 is 1.86 bits per heavy atom. The quantitative estimate of drug-likeness (QED) is 0.629. The molecule has 0 aliphatic heterocycles. The summed E-state index contributed by atoms with van der Waals surface area (Å²) in [5.74, 6) is 0. The fraction of sp³-hybridized carbons (Fsp3) is 1.00. The maximum absolute atomic E-state index is 6.49. The molecule has 0 heterocycles. The molecular formula is C17H35NO2Si. The van der Waals surface area contributed by atoms with Crippen LogP contribution in [0.25, 0.3) is 0 Å². The second-order valence-electron chi connectivity index (χ2n) is 6.83. The predicted octanol–water partition coefficient (Wildman–Crippen LogP) is 4.65. The predicted molar refractivity (Wildman–Crippen MR) is 90.5 cm³/mol. The lowest BCUT2D eigenvalue weighted by Crippen LogP contribution is -2.63. The zero-order valence-corrected chi connectivity index (χ0v) is 15.2. The molecule has 21 heavy (non-hydrogen) atoms. The van der Waals surface area contributed by atoms with E-state index in [4.69, 9.17) is 8.85 Å². The monoisotopic (exact) mass is 313 g/mol. The van der Waals surface area contributed by atoms with Gasteiger partial charge < -0.3 is 8.85 Å². The topological polar surface area (TPSA) is 30.5 Å². The van der Waals surface area contributed by atoms with Gasteiger partial charge in [0, 0.05) is 24.8 Å². The largest absolute Gasteiger partial charge is 0.428 e. The van der Waals surface area contributed by atoms with Crippen LogP contribution in [-0.4, -0.2) is 28.0 Å². The van der Waals surface area contributed by atoms with Crippen LogP contribution in [0.4, 0.5) is 0 Å². The van der Waals surface area contributed by atoms with Crippen LogP contribution in [0.2, 0.25) is 5.54 Å². The van der Waals surface area contributed by atoms with Crippen LogP contribution in [0.5, 0.6) is 0 Å². The molecule has 0 spiro atoms. The highest BCUT2D eigenvalue weighted by atomic mass is 28.4. The van der Waals surface area contributed by atoms with Gasteiger partial charge in [0.15, 0.2) is 0 Å². The number of nitrogens with one attached hydrogen (secondary N) is 1. The van der Waals surface area contributed by atoms with Crippen molar-refractivity contribution in [2.45, 2.75) is 96.1 Å². The van der Waals surface area contributed by atoms with Crippen molar-refractivity contribution in [1.82, 2.24) is 4.98 Å². The Labute approximate surface area is 132 Å². The van der Waals surface area contributed by atoms with Gasteiger partial charge in [0.2, 0.25) is 0 Å². The van der Waals surface area contributed by atoms with E-state index in [2.05, 4.69) is 18.8 Å². The van der Waals surface area contributed by atoms with Gasteiger partial charge in [0.05, 0.1) is 0 Å². The molecule has 0 aromatic carbocycles. The van der Waals surface area contributed by atoms with Gasteiger partial charge in [-0.2, -0.15) is 0 Å². The van der Waals surface area contributed by atoms with Crippen molar-refractivity contribution >= 4 is 8.72 Å². The van der Waals surface area contributed by atoms with Crippen LogP contribution in [0.3, 0.4) is 0 Å². The minimum Gasteiger partial charge on any atom is -0.383 e. The normalized spacial score (nSPS) is 22.0. The summed E-state index contributed by atoms with van der Waals surface area (Å²) in [5, 5.41) is 0. The Hall–Kier alpha value is 0.0969. The van der Waals surface area contributed by atoms with Gasteiger partial charge >= 0.3 is 8.72 Å². The first-order chi connectivity index (χ1) is 10.3. The van der Waals surface area contributed by atoms with Crippen molar-refractivity contribution in [2.75, 3.05) is 13.2 Å². The summed E-state index contributed by atoms with van der Waals surface area (Å²) in [6, 6.07) is 0.646. The van der Waals surface area contributed by atoms with E-state index in [0.717, 1.165) is 26.1 Å². The highest BCUT2D eigenvalue weighted by Crippen LogP contribution is 2.38. The van der Waals surface area contributed by atoms with Gasteiger partial charge in [-0.3, -0.25) is 4.98 Å². The molecule has 0 aromatic rings. The van der Waals surface area contributed by atoms with Crippen molar-refractivity contribution < 1.29 is 8.85 Å². The molecule has 2 aliphatic carbocycles. The first-order valence-corrected chi connectivity index (χ1v) is 11.3. The maximum atomic E-state index is 6.49. The fourth-order valence-electron chi connectivity index (χ4n) is 3.82. The lowest BCUT2D eigenvalue weighted by atomic mass is 10.0. The van der Waals surface area contributed by atoms with E-state index in [9.17, 15) is 0 Å². The standard InChI is InChI=1S/C17H35NO2Si/c1-3-14-19-21(20-15-4-2,17-12-6-5-7-13-17)18-16-10-8-9-11-16/h16-18H,3-15H2,1-2H3. The van der Waals surface area contributed by atoms with E-state index in [0.29, 0.717) is 11.6 Å². The number of rotatable bonds is 9. The van der Waals surface area contributed by atoms with E-state index in [1.807, 2.05) is 0 Å². The van der Waals surface area contributed by atoms with E-state index >= 15 is 0 Å². The maximum Gasteiger partial charge on any atom is 0.428 e. The van der Waals surface area contributed by atoms with Gasteiger partial charge in [-0.1, -0.05) is 46.0 Å². The molecule has 0 amide bonds. The summed E-state index contributed by atoms with van der Waals surface area (Å²) >= 11 is 0. The molecule has 0 unspecified atom stereocenters. The molecule has 0 atom stereocenters. The molecule has 124 valence electrons. The van der Waals surface area contributed by atoms with Crippen LogP contribution < -0.4 is 4.98 Å². The Balaban J connectivity index is 2.08. The highest BCUT2D eigenvalue weighted by molar-refractivity contribution is 6.66. The summed E-state index contributed by atoms with van der Waals surface area (Å²) in [6.45, 7) is 6.11. The Morgan fingerprint density at radius 1 is 0.810 bits per heavy atom. The van der Waals surface area contributed by atoms with Gasteiger partial charge in [-0.25, -0.2) is 0 Å². The zero-order valence-electron chi connectivity index (χ0n) is 14.2. The summed E-state index contributed by atoms with van der Waals surface area (Å²) in [6.07, 6.45) is 14.3. The van der Waals surface area contributed by atoms with Crippen molar-refractivity contribution in [1.29, 1.82) is 0 Å². The van der Waals surface area contributed by atoms with E-state index in [1.54, 1.807) is 0 Å². The van der Waals surface area contributed by atoms with E-state index in [1.165, 1.54) is 57.8 Å². The first kappa shape index (κ1) is 17.5. The number of hydrogen-bond acceptors (Lipinski definition) is 3. The molecule has 0 saturated heterocycles. The summed E-state index contributed by atoms with van der Waals surface area (Å²) in [5.41, 5.74) is 0.657. The van der Waals surface area contributed by atoms with E-state index in [-0.39, 0.29) is 0 Å². The molecule has 2 saturated carbocycles. The van der Waals surface area contributed by atoms with Crippen molar-refractivity contribution in [2.24, 2.45) is 0 Å². The minimum absolute atomic E-state index is 0.646. The molecule has 0 radical (unpaired) electrons. The average Bonchev–Trinajstić information content (AvgIpc) is 3.04. The summed E-state index contributed by atoms with van der Waals surface area (Å²) in [7, 11) is -2.25. The second kappa shape index (κ2) is 9.28. The van der Waals surface area contributed by atoms with Crippen LogP contribution in [0, 0.1) is 0 Å². The van der Waals surface area contributed by atoms with Gasteiger partial charge in [0.1, 0.15) is 0 Å². The first-order valence-electron chi connectivity index (χ1n) is 9.36. The van der Waals surface area contributed by atoms with Crippen molar-refractivity contribution in [3.8, 4) is 0 Å². The lowest BCUT2D eigenvalue weighted by molar-refractivity contribution is 0.135. The Morgan fingerprint density at radius 2 is 1.33 bits per heavy atom. The molecular weight excluding hydrogens is 278 g/mol. The summed E-state index contributed by atoms with van der Waals surface area (Å²) < 4.78 is 13.0. The average molecular weight is 314 g/mol. The molecule has 3 nitrogen and oxygen atoms in total. The molecule has 1 N–H and O–H groups in total. The Kier molecular flexibility index (Phi) is 7.71. The molecule has 2 aliphatic rings. The van der Waals surface area contributed by atoms with E-state index < -0.39 is 8.72 Å². The smallest absolute Gasteiger partial charge is 0.383 e. The Bertz CT molecular complexity index is 268. The fourth-order valence-corrected chi connectivity index (χ4v) is 7.82. The minimum atomic E-state index is -2.25. The third-order valence-corrected chi connectivity index (χ3v) is 8.67. The van der Waals surface area contributed by atoms with Crippen LogP contribution >= 0.6 is 0 Å². The lowest BCUT2D eigenvalue weighted by Gasteiger charge is -2.41. The highest BCUT2D eigenvalue weighted by Gasteiger charge is 2.48. The van der Waals surface area contributed by atoms with Crippen molar-refractivity contribution in [3.63, 3.8) is 0 Å². The SMILES string of the molecule is CCCO[Si](NC1CCCC1)(OCCC)C1CCCCC1. The number of hydrogen-bond donors (Lipinski definition) is 1. The molecule has 2 fully saturated rings. The van der Waals surface area contributed by atoms with Crippen LogP contribution in [0.1, 0.15) is 84.5 Å². The molecule has 2 rings (SSSR count). The molecule has 0 aromatic heterocycles. The zero-order chi connectivity index (χ0) is 15.0. The van der Waals surface area contributed by atoms with Crippen LogP contribution in [0.15, 0.2) is 0 Å². The molecule has 4 heteroatoms. The van der Waals surface area contributed by atoms with Crippen molar-refractivity contribution in [3.05, 3.63) is 0 Å². The van der Waals surface area contributed by atoms with Gasteiger partial charge in [0.25, 0.3) is 0 Å². The third kappa shape index (κ3) is 5.05. The molecule has 0 bridgehead atoms. The second-order valence-corrected chi connectivity index (χ2v) is 9.84. The van der Waals surface area contributed by atoms with Gasteiger partial charge in [-0.05, 0) is 38.5 Å². The van der Waals surface area contributed by atoms with Crippen LogP contribution in [-0.2, 0) is 8.85 Å². The van der Waals surface area contributed by atoms with Gasteiger partial charge in [-0.15, -0.1) is 0 Å².